The molecule has 0 saturated heterocycles. The Labute approximate surface area is 141 Å². The summed E-state index contributed by atoms with van der Waals surface area (Å²) in [5, 5.41) is 0. The van der Waals surface area contributed by atoms with Gasteiger partial charge < -0.3 is 9.47 Å². The van der Waals surface area contributed by atoms with Crippen LogP contribution in [-0.4, -0.2) is 24.0 Å². The molecule has 1 aromatic heterocycles. The van der Waals surface area contributed by atoms with E-state index in [0.717, 1.165) is 5.69 Å². The lowest BCUT2D eigenvalue weighted by atomic mass is 10.0. The van der Waals surface area contributed by atoms with Crippen LogP contribution >= 0.6 is 0 Å². The van der Waals surface area contributed by atoms with Gasteiger partial charge in [-0.2, -0.15) is 0 Å². The van der Waals surface area contributed by atoms with Crippen LogP contribution in [0.5, 0.6) is 0 Å². The number of carbonyl (C=O) groups is 2. The predicted molar refractivity (Wildman–Crippen MR) is 89.6 cm³/mol. The number of pyridine rings is 1. The zero-order valence-electron chi connectivity index (χ0n) is 14.1. The SMILES string of the molecule is COC(=O)c1ccc(C(=O)OC(CC(C)C)c2ccccn2)cc1. The Morgan fingerprint density at radius 2 is 1.62 bits per heavy atom. The molecule has 1 atom stereocenters. The van der Waals surface area contributed by atoms with Gasteiger partial charge in [0.05, 0.1) is 23.9 Å². The molecule has 0 spiro atoms. The van der Waals surface area contributed by atoms with E-state index in [2.05, 4.69) is 23.6 Å². The molecule has 5 heteroatoms. The lowest BCUT2D eigenvalue weighted by Gasteiger charge is -2.19. The number of rotatable bonds is 6. The second kappa shape index (κ2) is 8.24. The van der Waals surface area contributed by atoms with E-state index in [1.165, 1.54) is 7.11 Å². The molecular weight excluding hydrogens is 306 g/mol. The molecule has 126 valence electrons. The highest BCUT2D eigenvalue weighted by Gasteiger charge is 2.20. The van der Waals surface area contributed by atoms with Crippen LogP contribution in [0.3, 0.4) is 0 Å². The lowest BCUT2D eigenvalue weighted by molar-refractivity contribution is 0.0236. The van der Waals surface area contributed by atoms with Crippen LogP contribution in [0.25, 0.3) is 0 Å². The normalized spacial score (nSPS) is 11.8. The fourth-order valence-electron chi connectivity index (χ4n) is 2.28. The fourth-order valence-corrected chi connectivity index (χ4v) is 2.28. The van der Waals surface area contributed by atoms with Crippen molar-refractivity contribution >= 4 is 11.9 Å². The largest absolute Gasteiger partial charge is 0.465 e. The van der Waals surface area contributed by atoms with E-state index in [9.17, 15) is 9.59 Å². The summed E-state index contributed by atoms with van der Waals surface area (Å²) >= 11 is 0. The summed E-state index contributed by atoms with van der Waals surface area (Å²) < 4.78 is 10.3. The highest BCUT2D eigenvalue weighted by atomic mass is 16.5. The number of esters is 2. The zero-order chi connectivity index (χ0) is 17.5. The fraction of sp³-hybridized carbons (Fsp3) is 0.316. The van der Waals surface area contributed by atoms with Gasteiger partial charge in [-0.25, -0.2) is 9.59 Å². The average Bonchev–Trinajstić information content (AvgIpc) is 2.61. The minimum atomic E-state index is -0.443. The second-order valence-corrected chi connectivity index (χ2v) is 5.85. The van der Waals surface area contributed by atoms with Gasteiger partial charge in [-0.05, 0) is 48.7 Å². The average molecular weight is 327 g/mol. The third-order valence-electron chi connectivity index (χ3n) is 3.49. The smallest absolute Gasteiger partial charge is 0.338 e. The number of aromatic nitrogens is 1. The van der Waals surface area contributed by atoms with E-state index in [-0.39, 0.29) is 0 Å². The monoisotopic (exact) mass is 327 g/mol. The highest BCUT2D eigenvalue weighted by molar-refractivity contribution is 5.93. The molecule has 0 fully saturated rings. The lowest BCUT2D eigenvalue weighted by Crippen LogP contribution is -2.15. The van der Waals surface area contributed by atoms with Crippen molar-refractivity contribution in [1.82, 2.24) is 4.98 Å². The third-order valence-corrected chi connectivity index (χ3v) is 3.49. The van der Waals surface area contributed by atoms with Crippen molar-refractivity contribution in [2.24, 2.45) is 5.92 Å². The van der Waals surface area contributed by atoms with Crippen molar-refractivity contribution in [3.63, 3.8) is 0 Å². The van der Waals surface area contributed by atoms with Crippen LogP contribution in [0.4, 0.5) is 0 Å². The second-order valence-electron chi connectivity index (χ2n) is 5.85. The van der Waals surface area contributed by atoms with Crippen molar-refractivity contribution < 1.29 is 19.1 Å². The van der Waals surface area contributed by atoms with Crippen LogP contribution in [0, 0.1) is 5.92 Å². The van der Waals surface area contributed by atoms with Crippen LogP contribution in [0.2, 0.25) is 0 Å². The van der Waals surface area contributed by atoms with E-state index in [1.54, 1.807) is 30.5 Å². The van der Waals surface area contributed by atoms with Gasteiger partial charge in [0.25, 0.3) is 0 Å². The van der Waals surface area contributed by atoms with Crippen molar-refractivity contribution in [3.8, 4) is 0 Å². The first-order valence-electron chi connectivity index (χ1n) is 7.81. The van der Waals surface area contributed by atoms with Gasteiger partial charge in [0.2, 0.25) is 0 Å². The molecule has 0 aliphatic rings. The number of hydrogen-bond acceptors (Lipinski definition) is 5. The Morgan fingerprint density at radius 1 is 1.00 bits per heavy atom. The Kier molecular flexibility index (Phi) is 6.07. The van der Waals surface area contributed by atoms with Crippen molar-refractivity contribution in [2.45, 2.75) is 26.4 Å². The van der Waals surface area contributed by atoms with E-state index < -0.39 is 18.0 Å². The minimum Gasteiger partial charge on any atom is -0.465 e. The molecule has 2 aromatic rings. The van der Waals surface area contributed by atoms with Crippen LogP contribution in [0.15, 0.2) is 48.7 Å². The maximum Gasteiger partial charge on any atom is 0.338 e. The van der Waals surface area contributed by atoms with Crippen molar-refractivity contribution in [3.05, 3.63) is 65.5 Å². The molecule has 2 rings (SSSR count). The van der Waals surface area contributed by atoms with E-state index in [4.69, 9.17) is 4.74 Å². The van der Waals surface area contributed by atoms with Gasteiger partial charge in [-0.15, -0.1) is 0 Å². The molecule has 1 unspecified atom stereocenters. The summed E-state index contributed by atoms with van der Waals surface area (Å²) in [6.07, 6.45) is 1.96. The summed E-state index contributed by atoms with van der Waals surface area (Å²) in [6, 6.07) is 11.7. The minimum absolute atomic E-state index is 0.353. The predicted octanol–water partition coefficient (Wildman–Crippen LogP) is 3.81. The van der Waals surface area contributed by atoms with Gasteiger partial charge in [-0.3, -0.25) is 4.98 Å². The van der Waals surface area contributed by atoms with Gasteiger partial charge >= 0.3 is 11.9 Å². The summed E-state index contributed by atoms with van der Waals surface area (Å²) in [5.41, 5.74) is 1.50. The van der Waals surface area contributed by atoms with Crippen molar-refractivity contribution in [1.29, 1.82) is 0 Å². The molecule has 0 saturated carbocycles. The summed E-state index contributed by atoms with van der Waals surface area (Å²) in [6.45, 7) is 4.13. The standard InChI is InChI=1S/C19H21NO4/c1-13(2)12-17(16-6-4-5-11-20-16)24-19(22)15-9-7-14(8-10-15)18(21)23-3/h4-11,13,17H,12H2,1-3H3. The van der Waals surface area contributed by atoms with E-state index in [0.29, 0.717) is 23.5 Å². The molecule has 1 aromatic carbocycles. The number of carbonyl (C=O) groups excluding carboxylic acids is 2. The number of hydrogen-bond donors (Lipinski definition) is 0. The molecule has 0 aliphatic carbocycles. The number of nitrogens with zero attached hydrogens (tertiary/aromatic N) is 1. The first kappa shape index (κ1) is 17.7. The molecule has 0 N–H and O–H groups in total. The molecule has 0 radical (unpaired) electrons. The highest BCUT2D eigenvalue weighted by Crippen LogP contribution is 2.25. The van der Waals surface area contributed by atoms with Gasteiger partial charge in [0.15, 0.2) is 0 Å². The van der Waals surface area contributed by atoms with Gasteiger partial charge in [0, 0.05) is 6.20 Å². The van der Waals surface area contributed by atoms with E-state index in [1.807, 2.05) is 18.2 Å². The molecule has 0 aliphatic heterocycles. The molecular formula is C19H21NO4. The quantitative estimate of drug-likeness (QED) is 0.755. The Morgan fingerprint density at radius 3 is 2.12 bits per heavy atom. The maximum absolute atomic E-state index is 12.4. The first-order chi connectivity index (χ1) is 11.5. The molecule has 0 amide bonds. The van der Waals surface area contributed by atoms with E-state index >= 15 is 0 Å². The number of benzene rings is 1. The Hall–Kier alpha value is -2.69. The van der Waals surface area contributed by atoms with Crippen LogP contribution < -0.4 is 0 Å². The summed E-state index contributed by atoms with van der Waals surface area (Å²) in [5.74, 6) is -0.532. The zero-order valence-corrected chi connectivity index (χ0v) is 14.1. The Balaban J connectivity index is 2.14. The molecule has 1 heterocycles. The maximum atomic E-state index is 12.4. The van der Waals surface area contributed by atoms with Crippen molar-refractivity contribution in [2.75, 3.05) is 7.11 Å². The summed E-state index contributed by atoms with van der Waals surface area (Å²) in [4.78, 5) is 28.1. The topological polar surface area (TPSA) is 65.5 Å². The summed E-state index contributed by atoms with van der Waals surface area (Å²) in [7, 11) is 1.31. The Bertz CT molecular complexity index is 680. The number of methoxy groups -OCH3 is 1. The molecule has 24 heavy (non-hydrogen) atoms. The van der Waals surface area contributed by atoms with Gasteiger partial charge in [0.1, 0.15) is 6.10 Å². The third kappa shape index (κ3) is 4.65. The van der Waals surface area contributed by atoms with Crippen LogP contribution in [0.1, 0.15) is 52.8 Å². The number of ether oxygens (including phenoxy) is 2. The van der Waals surface area contributed by atoms with Gasteiger partial charge in [-0.1, -0.05) is 19.9 Å². The molecule has 0 bridgehead atoms. The first-order valence-corrected chi connectivity index (χ1v) is 7.81. The van der Waals surface area contributed by atoms with Crippen LogP contribution in [-0.2, 0) is 9.47 Å². The molecule has 5 nitrogen and oxygen atoms in total.